The number of rotatable bonds is 42. The quantitative estimate of drug-likeness (QED) is 0.0200. The Bertz CT molecular complexity index is 1290. The van der Waals surface area contributed by atoms with Crippen LogP contribution in [0.15, 0.2) is 109 Å². The molecule has 0 N–H and O–H groups in total. The lowest BCUT2D eigenvalue weighted by Crippen LogP contribution is -2.30. The number of carbonyl (C=O) groups excluding carboxylic acids is 3. The minimum Gasteiger partial charge on any atom is -0.462 e. The van der Waals surface area contributed by atoms with Crippen molar-refractivity contribution in [2.75, 3.05) is 13.2 Å². The van der Waals surface area contributed by atoms with E-state index in [0.717, 1.165) is 103 Å². The van der Waals surface area contributed by atoms with Crippen molar-refractivity contribution in [3.63, 3.8) is 0 Å². The molecule has 0 saturated heterocycles. The highest BCUT2D eigenvalue weighted by Gasteiger charge is 2.19. The molecule has 1 atom stereocenters. The van der Waals surface area contributed by atoms with E-state index in [1.165, 1.54) is 51.4 Å². The van der Waals surface area contributed by atoms with Crippen molar-refractivity contribution in [2.24, 2.45) is 0 Å². The Morgan fingerprint density at radius 3 is 1.28 bits per heavy atom. The maximum absolute atomic E-state index is 12.8. The Labute approximate surface area is 374 Å². The second-order valence-electron chi connectivity index (χ2n) is 15.7. The first-order chi connectivity index (χ1) is 30.0. The smallest absolute Gasteiger partial charge is 0.306 e. The van der Waals surface area contributed by atoms with Gasteiger partial charge >= 0.3 is 17.9 Å². The first-order valence-corrected chi connectivity index (χ1v) is 24.4. The van der Waals surface area contributed by atoms with Gasteiger partial charge in [0.05, 0.1) is 0 Å². The molecule has 0 heterocycles. The van der Waals surface area contributed by atoms with Crippen molar-refractivity contribution < 1.29 is 28.6 Å². The van der Waals surface area contributed by atoms with Gasteiger partial charge in [-0.3, -0.25) is 14.4 Å². The molecule has 0 saturated carbocycles. The molecule has 0 aromatic heterocycles. The molecule has 6 heteroatoms. The largest absolute Gasteiger partial charge is 0.462 e. The van der Waals surface area contributed by atoms with Crippen LogP contribution < -0.4 is 0 Å². The van der Waals surface area contributed by atoms with Gasteiger partial charge in [-0.05, 0) is 96.3 Å². The van der Waals surface area contributed by atoms with E-state index in [1.54, 1.807) is 0 Å². The first-order valence-electron chi connectivity index (χ1n) is 24.4. The number of allylic oxidation sites excluding steroid dienone is 18. The molecule has 344 valence electrons. The molecule has 0 radical (unpaired) electrons. The maximum Gasteiger partial charge on any atom is 0.306 e. The lowest BCUT2D eigenvalue weighted by Gasteiger charge is -2.18. The highest BCUT2D eigenvalue weighted by Crippen LogP contribution is 2.13. The third-order valence-electron chi connectivity index (χ3n) is 9.82. The van der Waals surface area contributed by atoms with Gasteiger partial charge in [-0.15, -0.1) is 0 Å². The zero-order valence-corrected chi connectivity index (χ0v) is 39.1. The van der Waals surface area contributed by atoms with E-state index in [0.29, 0.717) is 19.3 Å². The van der Waals surface area contributed by atoms with Crippen LogP contribution in [0.3, 0.4) is 0 Å². The van der Waals surface area contributed by atoms with Gasteiger partial charge in [0.1, 0.15) is 13.2 Å². The van der Waals surface area contributed by atoms with Gasteiger partial charge in [0, 0.05) is 19.3 Å². The van der Waals surface area contributed by atoms with Gasteiger partial charge in [0.2, 0.25) is 0 Å². The predicted octanol–water partition coefficient (Wildman–Crippen LogP) is 16.0. The Hall–Kier alpha value is -3.93. The summed E-state index contributed by atoms with van der Waals surface area (Å²) in [6.07, 6.45) is 65.1. The SMILES string of the molecule is CC\C=C/C=C\C=C/CCCCCCCCCC(=O)OC(COC(=O)CC/C=C\C/C=C\C/C=C\C/C=C\C/C=C\CC)COC(=O)CCCCCCC/C=C\CCCCC. The molecule has 0 spiro atoms. The van der Waals surface area contributed by atoms with Crippen LogP contribution in [0.25, 0.3) is 0 Å². The van der Waals surface area contributed by atoms with E-state index in [1.807, 2.05) is 12.2 Å². The summed E-state index contributed by atoms with van der Waals surface area (Å²) in [5.41, 5.74) is 0. The van der Waals surface area contributed by atoms with Crippen molar-refractivity contribution in [3.8, 4) is 0 Å². The van der Waals surface area contributed by atoms with Gasteiger partial charge in [-0.25, -0.2) is 0 Å². The first kappa shape index (κ1) is 57.1. The van der Waals surface area contributed by atoms with Crippen LogP contribution in [0.1, 0.15) is 201 Å². The molecule has 0 rings (SSSR count). The molecule has 0 fully saturated rings. The van der Waals surface area contributed by atoms with Crippen LogP contribution in [0.2, 0.25) is 0 Å². The number of esters is 3. The number of ether oxygens (including phenoxy) is 3. The topological polar surface area (TPSA) is 78.9 Å². The van der Waals surface area contributed by atoms with Crippen molar-refractivity contribution in [1.82, 2.24) is 0 Å². The van der Waals surface area contributed by atoms with Crippen LogP contribution in [-0.4, -0.2) is 37.2 Å². The molecule has 0 amide bonds. The van der Waals surface area contributed by atoms with Crippen molar-refractivity contribution in [1.29, 1.82) is 0 Å². The maximum atomic E-state index is 12.8. The van der Waals surface area contributed by atoms with Crippen LogP contribution in [0.4, 0.5) is 0 Å². The normalized spacial score (nSPS) is 13.0. The fourth-order valence-corrected chi connectivity index (χ4v) is 6.19. The summed E-state index contributed by atoms with van der Waals surface area (Å²) in [5, 5.41) is 0. The molecule has 0 aromatic rings. The van der Waals surface area contributed by atoms with E-state index in [9.17, 15) is 14.4 Å². The highest BCUT2D eigenvalue weighted by molar-refractivity contribution is 5.71. The van der Waals surface area contributed by atoms with Crippen molar-refractivity contribution >= 4 is 17.9 Å². The molecule has 6 nitrogen and oxygen atoms in total. The minimum absolute atomic E-state index is 0.113. The van der Waals surface area contributed by atoms with E-state index >= 15 is 0 Å². The third kappa shape index (κ3) is 47.0. The lowest BCUT2D eigenvalue weighted by atomic mass is 10.1. The summed E-state index contributed by atoms with van der Waals surface area (Å²) < 4.78 is 16.7. The fourth-order valence-electron chi connectivity index (χ4n) is 6.19. The summed E-state index contributed by atoms with van der Waals surface area (Å²) >= 11 is 0. The van der Waals surface area contributed by atoms with Crippen molar-refractivity contribution in [3.05, 3.63) is 109 Å². The van der Waals surface area contributed by atoms with E-state index < -0.39 is 6.10 Å². The fraction of sp³-hybridized carbons (Fsp3) is 0.618. The average molecular weight is 845 g/mol. The molecule has 0 bridgehead atoms. The highest BCUT2D eigenvalue weighted by atomic mass is 16.6. The number of hydrogen-bond donors (Lipinski definition) is 0. The third-order valence-corrected chi connectivity index (χ3v) is 9.82. The summed E-state index contributed by atoms with van der Waals surface area (Å²) in [4.78, 5) is 37.9. The minimum atomic E-state index is -0.818. The molecular formula is C55H88O6. The van der Waals surface area contributed by atoms with Crippen molar-refractivity contribution in [2.45, 2.75) is 207 Å². The van der Waals surface area contributed by atoms with Gasteiger partial charge in [0.25, 0.3) is 0 Å². The summed E-state index contributed by atoms with van der Waals surface area (Å²) in [7, 11) is 0. The van der Waals surface area contributed by atoms with Gasteiger partial charge in [0.15, 0.2) is 6.10 Å². The van der Waals surface area contributed by atoms with Crippen LogP contribution in [0.5, 0.6) is 0 Å². The zero-order chi connectivity index (χ0) is 44.4. The second kappa shape index (κ2) is 48.7. The van der Waals surface area contributed by atoms with Crippen LogP contribution in [-0.2, 0) is 28.6 Å². The van der Waals surface area contributed by atoms with E-state index in [-0.39, 0.29) is 37.5 Å². The number of carbonyl (C=O) groups is 3. The van der Waals surface area contributed by atoms with Crippen LogP contribution in [0, 0.1) is 0 Å². The van der Waals surface area contributed by atoms with Crippen LogP contribution >= 0.6 is 0 Å². The summed E-state index contributed by atoms with van der Waals surface area (Å²) in [6, 6.07) is 0. The molecule has 0 aliphatic rings. The molecule has 0 aliphatic carbocycles. The molecule has 61 heavy (non-hydrogen) atoms. The van der Waals surface area contributed by atoms with Gasteiger partial charge in [-0.1, -0.05) is 194 Å². The summed E-state index contributed by atoms with van der Waals surface area (Å²) in [5.74, 6) is -1.03. The standard InChI is InChI=1S/C55H88O6/c1-4-7-10-13-16-19-22-25-27-29-30-33-36-39-42-45-48-54(57)60-51-52(50-59-53(56)47-44-41-38-35-32-24-21-18-15-12-9-6-3)61-55(58)49-46-43-40-37-34-31-28-26-23-20-17-14-11-8-5-2/h7-8,10-11,14,16-21,23,25,27,30,33,39,42,52H,4-6,9,12-13,15,22,24,26,28-29,31-32,34-38,40-41,43-51H2,1-3H3/b10-7-,11-8-,17-14-,19-16-,21-18-,23-20-,27-25-,33-30-,42-39-. The molecule has 1 unspecified atom stereocenters. The Balaban J connectivity index is 4.54. The Morgan fingerprint density at radius 2 is 0.754 bits per heavy atom. The number of hydrogen-bond acceptors (Lipinski definition) is 6. The lowest BCUT2D eigenvalue weighted by molar-refractivity contribution is -0.166. The Kier molecular flexibility index (Phi) is 45.6. The predicted molar refractivity (Wildman–Crippen MR) is 260 cm³/mol. The molecule has 0 aromatic carbocycles. The van der Waals surface area contributed by atoms with Gasteiger partial charge in [-0.2, -0.15) is 0 Å². The molecule has 0 aliphatic heterocycles. The monoisotopic (exact) mass is 845 g/mol. The van der Waals surface area contributed by atoms with E-state index in [2.05, 4.69) is 118 Å². The molecular weight excluding hydrogens is 757 g/mol. The summed E-state index contributed by atoms with van der Waals surface area (Å²) in [6.45, 7) is 6.26. The number of unbranched alkanes of at least 4 members (excludes halogenated alkanes) is 15. The van der Waals surface area contributed by atoms with Gasteiger partial charge < -0.3 is 14.2 Å². The average Bonchev–Trinajstić information content (AvgIpc) is 3.26. The zero-order valence-electron chi connectivity index (χ0n) is 39.1. The second-order valence-corrected chi connectivity index (χ2v) is 15.7. The Morgan fingerprint density at radius 1 is 0.361 bits per heavy atom. The van der Waals surface area contributed by atoms with E-state index in [4.69, 9.17) is 14.2 Å².